The van der Waals surface area contributed by atoms with E-state index in [4.69, 9.17) is 5.11 Å². The number of benzene rings is 2. The first-order chi connectivity index (χ1) is 10.0. The lowest BCUT2D eigenvalue weighted by Gasteiger charge is -2.11. The minimum atomic E-state index is -0.813. The number of aliphatic carboxylic acids is 1. The van der Waals surface area contributed by atoms with Gasteiger partial charge in [-0.1, -0.05) is 24.3 Å². The van der Waals surface area contributed by atoms with Gasteiger partial charge in [-0.25, -0.2) is 0 Å². The van der Waals surface area contributed by atoms with Crippen LogP contribution in [0.4, 0.5) is 11.4 Å². The average Bonchev–Trinajstić information content (AvgIpc) is 2.42. The minimum Gasteiger partial charge on any atom is -0.481 e. The molecule has 2 N–H and O–H groups in total. The van der Waals surface area contributed by atoms with E-state index in [-0.39, 0.29) is 6.42 Å². The highest BCUT2D eigenvalue weighted by Gasteiger charge is 2.01. The summed E-state index contributed by atoms with van der Waals surface area (Å²) in [7, 11) is 4.09. The molecule has 0 amide bonds. The minimum absolute atomic E-state index is 0.0551. The summed E-state index contributed by atoms with van der Waals surface area (Å²) in [4.78, 5) is 12.8. The Balaban J connectivity index is 1.99. The number of rotatable bonds is 6. The maximum absolute atomic E-state index is 10.6. The van der Waals surface area contributed by atoms with E-state index in [1.54, 1.807) is 0 Å². The van der Waals surface area contributed by atoms with E-state index in [2.05, 4.69) is 22.3 Å². The zero-order valence-corrected chi connectivity index (χ0v) is 12.3. The molecule has 0 saturated heterocycles. The van der Waals surface area contributed by atoms with Gasteiger partial charge in [-0.05, 0) is 49.5 Å². The summed E-state index contributed by atoms with van der Waals surface area (Å²) in [6.07, 6.45) is 0.0551. The number of carboxylic acid groups (broad SMARTS) is 1. The molecule has 0 heterocycles. The summed E-state index contributed by atoms with van der Waals surface area (Å²) in [6.45, 7) is 0.921. The normalized spacial score (nSPS) is 10.6. The summed E-state index contributed by atoms with van der Waals surface area (Å²) < 4.78 is 0. The molecule has 0 unspecified atom stereocenters. The van der Waals surface area contributed by atoms with E-state index < -0.39 is 5.97 Å². The molecule has 0 radical (unpaired) electrons. The molecule has 2 rings (SSSR count). The van der Waals surface area contributed by atoms with Crippen LogP contribution >= 0.6 is 0 Å². The molecule has 0 saturated carbocycles. The number of carbonyl (C=O) groups is 1. The molecule has 0 atom stereocenters. The SMILES string of the molecule is CN(C)Cc1ccc(Nc2ccc(CC(=O)O)cc2)cc1. The molecule has 110 valence electrons. The maximum Gasteiger partial charge on any atom is 0.307 e. The Morgan fingerprint density at radius 3 is 1.86 bits per heavy atom. The Morgan fingerprint density at radius 1 is 0.952 bits per heavy atom. The van der Waals surface area contributed by atoms with Crippen LogP contribution in [0.3, 0.4) is 0 Å². The third-order valence-electron chi connectivity index (χ3n) is 3.05. The Labute approximate surface area is 125 Å². The molecule has 0 aliphatic carbocycles. The van der Waals surface area contributed by atoms with Gasteiger partial charge in [-0.2, -0.15) is 0 Å². The molecule has 2 aromatic carbocycles. The molecule has 0 fully saturated rings. The third kappa shape index (κ3) is 4.93. The molecule has 0 aliphatic rings. The van der Waals surface area contributed by atoms with Gasteiger partial charge in [0.1, 0.15) is 0 Å². The van der Waals surface area contributed by atoms with Gasteiger partial charge in [0.05, 0.1) is 6.42 Å². The van der Waals surface area contributed by atoms with Crippen molar-refractivity contribution in [2.45, 2.75) is 13.0 Å². The van der Waals surface area contributed by atoms with E-state index in [9.17, 15) is 4.79 Å². The van der Waals surface area contributed by atoms with Gasteiger partial charge >= 0.3 is 5.97 Å². The number of nitrogens with one attached hydrogen (secondary N) is 1. The van der Waals surface area contributed by atoms with E-state index in [0.717, 1.165) is 23.5 Å². The standard InChI is InChI=1S/C17H20N2O2/c1-19(2)12-14-5-9-16(10-6-14)18-15-7-3-13(4-8-15)11-17(20)21/h3-10,18H,11-12H2,1-2H3,(H,20,21). The average molecular weight is 284 g/mol. The zero-order chi connectivity index (χ0) is 15.2. The van der Waals surface area contributed by atoms with Crippen molar-refractivity contribution >= 4 is 17.3 Å². The quantitative estimate of drug-likeness (QED) is 0.855. The summed E-state index contributed by atoms with van der Waals surface area (Å²) >= 11 is 0. The van der Waals surface area contributed by atoms with E-state index in [1.807, 2.05) is 50.5 Å². The lowest BCUT2D eigenvalue weighted by molar-refractivity contribution is -0.136. The second kappa shape index (κ2) is 6.90. The number of carboxylic acids is 1. The number of anilines is 2. The van der Waals surface area contributed by atoms with Gasteiger partial charge in [0.2, 0.25) is 0 Å². The topological polar surface area (TPSA) is 52.6 Å². The van der Waals surface area contributed by atoms with Crippen molar-refractivity contribution in [2.24, 2.45) is 0 Å². The first kappa shape index (κ1) is 15.1. The van der Waals surface area contributed by atoms with E-state index >= 15 is 0 Å². The summed E-state index contributed by atoms with van der Waals surface area (Å²) in [6, 6.07) is 15.7. The first-order valence-electron chi connectivity index (χ1n) is 6.84. The Hall–Kier alpha value is -2.33. The van der Waals surface area contributed by atoms with Crippen molar-refractivity contribution in [3.05, 3.63) is 59.7 Å². The maximum atomic E-state index is 10.6. The van der Waals surface area contributed by atoms with Crippen molar-refractivity contribution in [1.82, 2.24) is 4.90 Å². The molecule has 4 nitrogen and oxygen atoms in total. The van der Waals surface area contributed by atoms with Crippen LogP contribution in [0.15, 0.2) is 48.5 Å². The van der Waals surface area contributed by atoms with Gasteiger partial charge in [-0.3, -0.25) is 4.79 Å². The largest absolute Gasteiger partial charge is 0.481 e. The Bertz CT molecular complexity index is 589. The molecule has 0 spiro atoms. The monoisotopic (exact) mass is 284 g/mol. The van der Waals surface area contributed by atoms with Crippen LogP contribution in [0.2, 0.25) is 0 Å². The Kier molecular flexibility index (Phi) is 4.95. The van der Waals surface area contributed by atoms with Crippen LogP contribution in [-0.4, -0.2) is 30.1 Å². The molecule has 2 aromatic rings. The first-order valence-corrected chi connectivity index (χ1v) is 6.84. The smallest absolute Gasteiger partial charge is 0.307 e. The third-order valence-corrected chi connectivity index (χ3v) is 3.05. The predicted molar refractivity (Wildman–Crippen MR) is 84.9 cm³/mol. The van der Waals surface area contributed by atoms with Gasteiger partial charge in [-0.15, -0.1) is 0 Å². The molecule has 21 heavy (non-hydrogen) atoms. The van der Waals surface area contributed by atoms with E-state index in [1.165, 1.54) is 5.56 Å². The highest BCUT2D eigenvalue weighted by molar-refractivity contribution is 5.70. The van der Waals surface area contributed by atoms with E-state index in [0.29, 0.717) is 0 Å². The molecular formula is C17H20N2O2. The lowest BCUT2D eigenvalue weighted by Crippen LogP contribution is -2.10. The van der Waals surface area contributed by atoms with Crippen LogP contribution in [0.1, 0.15) is 11.1 Å². The van der Waals surface area contributed by atoms with Crippen molar-refractivity contribution < 1.29 is 9.90 Å². The fraction of sp³-hybridized carbons (Fsp3) is 0.235. The van der Waals surface area contributed by atoms with Crippen molar-refractivity contribution in [3.8, 4) is 0 Å². The number of hydrogen-bond donors (Lipinski definition) is 2. The van der Waals surface area contributed by atoms with Crippen LogP contribution in [0, 0.1) is 0 Å². The highest BCUT2D eigenvalue weighted by atomic mass is 16.4. The van der Waals surface area contributed by atoms with Crippen LogP contribution in [-0.2, 0) is 17.8 Å². The second-order valence-corrected chi connectivity index (χ2v) is 5.33. The fourth-order valence-electron chi connectivity index (χ4n) is 2.11. The van der Waals surface area contributed by atoms with Crippen molar-refractivity contribution in [1.29, 1.82) is 0 Å². The second-order valence-electron chi connectivity index (χ2n) is 5.33. The van der Waals surface area contributed by atoms with Gasteiger partial charge in [0.25, 0.3) is 0 Å². The fourth-order valence-corrected chi connectivity index (χ4v) is 2.11. The van der Waals surface area contributed by atoms with Crippen molar-refractivity contribution in [3.63, 3.8) is 0 Å². The van der Waals surface area contributed by atoms with Gasteiger partial charge in [0, 0.05) is 17.9 Å². The lowest BCUT2D eigenvalue weighted by atomic mass is 10.1. The Morgan fingerprint density at radius 2 is 1.43 bits per heavy atom. The summed E-state index contributed by atoms with van der Waals surface area (Å²) in [5, 5.41) is 12.0. The summed E-state index contributed by atoms with van der Waals surface area (Å²) in [5.74, 6) is -0.813. The predicted octanol–water partition coefficient (Wildman–Crippen LogP) is 3.12. The van der Waals surface area contributed by atoms with Crippen molar-refractivity contribution in [2.75, 3.05) is 19.4 Å². The number of nitrogens with zero attached hydrogens (tertiary/aromatic N) is 1. The zero-order valence-electron chi connectivity index (χ0n) is 12.3. The molecule has 0 aromatic heterocycles. The van der Waals surface area contributed by atoms with Crippen LogP contribution < -0.4 is 5.32 Å². The van der Waals surface area contributed by atoms with Crippen LogP contribution in [0.25, 0.3) is 0 Å². The number of hydrogen-bond acceptors (Lipinski definition) is 3. The molecule has 0 bridgehead atoms. The molecular weight excluding hydrogens is 264 g/mol. The molecule has 0 aliphatic heterocycles. The molecule has 4 heteroatoms. The van der Waals surface area contributed by atoms with Crippen LogP contribution in [0.5, 0.6) is 0 Å². The highest BCUT2D eigenvalue weighted by Crippen LogP contribution is 2.18. The van der Waals surface area contributed by atoms with Gasteiger partial charge < -0.3 is 15.3 Å². The summed E-state index contributed by atoms with van der Waals surface area (Å²) in [5.41, 5.74) is 4.03. The van der Waals surface area contributed by atoms with Gasteiger partial charge in [0.15, 0.2) is 0 Å².